The van der Waals surface area contributed by atoms with Crippen LogP contribution in [-0.4, -0.2) is 24.7 Å². The van der Waals surface area contributed by atoms with Crippen molar-refractivity contribution in [3.63, 3.8) is 0 Å². The first-order chi connectivity index (χ1) is 7.78. The van der Waals surface area contributed by atoms with Crippen LogP contribution in [0.2, 0.25) is 5.15 Å². The monoisotopic (exact) mass is 236 g/mol. The maximum atomic E-state index is 5.90. The lowest BCUT2D eigenvalue weighted by atomic mass is 9.95. The van der Waals surface area contributed by atoms with Gasteiger partial charge in [0.2, 0.25) is 0 Å². The molecular formula is C12H13ClN2O. The highest BCUT2D eigenvalue weighted by molar-refractivity contribution is 6.30. The molecule has 0 amide bonds. The van der Waals surface area contributed by atoms with Crippen molar-refractivity contribution in [2.75, 3.05) is 13.7 Å². The van der Waals surface area contributed by atoms with Gasteiger partial charge in [-0.1, -0.05) is 17.7 Å². The molecule has 0 aromatic carbocycles. The molecule has 1 saturated heterocycles. The van der Waals surface area contributed by atoms with Gasteiger partial charge in [-0.25, -0.2) is 4.98 Å². The fraction of sp³-hybridized carbons (Fsp3) is 0.417. The fourth-order valence-corrected chi connectivity index (χ4v) is 2.52. The molecule has 84 valence electrons. The van der Waals surface area contributed by atoms with Gasteiger partial charge >= 0.3 is 0 Å². The molecule has 2 aliphatic rings. The Kier molecular flexibility index (Phi) is 2.37. The number of nitrogens with one attached hydrogen (secondary N) is 1. The largest absolute Gasteiger partial charge is 0.494 e. The van der Waals surface area contributed by atoms with Gasteiger partial charge in [0.1, 0.15) is 0 Å². The van der Waals surface area contributed by atoms with Crippen LogP contribution in [0.4, 0.5) is 0 Å². The topological polar surface area (TPSA) is 34.1 Å². The van der Waals surface area contributed by atoms with E-state index < -0.39 is 0 Å². The predicted molar refractivity (Wildman–Crippen MR) is 63.7 cm³/mol. The molecule has 0 saturated carbocycles. The second kappa shape index (κ2) is 3.75. The molecule has 4 heteroatoms. The Labute approximate surface area is 99.5 Å². The number of ether oxygens (including phenoxy) is 1. The van der Waals surface area contributed by atoms with Crippen LogP contribution in [0.3, 0.4) is 0 Å². The summed E-state index contributed by atoms with van der Waals surface area (Å²) in [4.78, 5) is 4.14. The SMILES string of the molecule is COc1cc(C2=CC3CNC3C2)cnc1Cl. The molecular weight excluding hydrogens is 224 g/mol. The van der Waals surface area contributed by atoms with E-state index in [1.165, 1.54) is 5.57 Å². The van der Waals surface area contributed by atoms with Crippen molar-refractivity contribution in [3.05, 3.63) is 29.1 Å². The van der Waals surface area contributed by atoms with Crippen molar-refractivity contribution in [3.8, 4) is 5.75 Å². The Morgan fingerprint density at radius 2 is 2.44 bits per heavy atom. The van der Waals surface area contributed by atoms with Crippen LogP contribution < -0.4 is 10.1 Å². The highest BCUT2D eigenvalue weighted by atomic mass is 35.5. The Morgan fingerprint density at radius 3 is 3.00 bits per heavy atom. The Hall–Kier alpha value is -1.06. The van der Waals surface area contributed by atoms with E-state index in [1.807, 2.05) is 12.3 Å². The van der Waals surface area contributed by atoms with E-state index >= 15 is 0 Å². The lowest BCUT2D eigenvalue weighted by molar-refractivity contribution is 0.306. The van der Waals surface area contributed by atoms with E-state index in [2.05, 4.69) is 16.4 Å². The van der Waals surface area contributed by atoms with Crippen molar-refractivity contribution in [2.24, 2.45) is 5.92 Å². The minimum atomic E-state index is 0.422. The van der Waals surface area contributed by atoms with Gasteiger partial charge in [0, 0.05) is 24.7 Å². The molecule has 1 aliphatic heterocycles. The first-order valence-corrected chi connectivity index (χ1v) is 5.79. The van der Waals surface area contributed by atoms with E-state index in [0.717, 1.165) is 18.5 Å². The molecule has 1 fully saturated rings. The zero-order valence-corrected chi connectivity index (χ0v) is 9.79. The van der Waals surface area contributed by atoms with Gasteiger partial charge in [0.25, 0.3) is 0 Å². The number of halogens is 1. The van der Waals surface area contributed by atoms with E-state index in [1.54, 1.807) is 7.11 Å². The van der Waals surface area contributed by atoms with Gasteiger partial charge in [-0.2, -0.15) is 0 Å². The van der Waals surface area contributed by atoms with Crippen LogP contribution in [0.1, 0.15) is 12.0 Å². The number of methoxy groups -OCH3 is 1. The van der Waals surface area contributed by atoms with E-state index in [4.69, 9.17) is 16.3 Å². The van der Waals surface area contributed by atoms with Crippen LogP contribution in [0, 0.1) is 5.92 Å². The first kappa shape index (κ1) is 10.1. The highest BCUT2D eigenvalue weighted by Crippen LogP contribution is 2.37. The maximum absolute atomic E-state index is 5.90. The molecule has 0 bridgehead atoms. The summed E-state index contributed by atoms with van der Waals surface area (Å²) in [5, 5.41) is 3.84. The van der Waals surface area contributed by atoms with Gasteiger partial charge in [-0.05, 0) is 23.6 Å². The van der Waals surface area contributed by atoms with Crippen LogP contribution >= 0.6 is 11.6 Å². The third-order valence-electron chi connectivity index (χ3n) is 3.39. The van der Waals surface area contributed by atoms with Crippen LogP contribution in [0.5, 0.6) is 5.75 Å². The summed E-state index contributed by atoms with van der Waals surface area (Å²) in [5.41, 5.74) is 2.47. The molecule has 0 radical (unpaired) electrons. The smallest absolute Gasteiger partial charge is 0.171 e. The van der Waals surface area contributed by atoms with Crippen LogP contribution in [0.15, 0.2) is 18.3 Å². The summed E-state index contributed by atoms with van der Waals surface area (Å²) in [6.45, 7) is 1.10. The number of fused-ring (bicyclic) bond motifs is 1. The summed E-state index contributed by atoms with van der Waals surface area (Å²) < 4.78 is 5.18. The number of hydrogen-bond acceptors (Lipinski definition) is 3. The molecule has 1 aromatic rings. The quantitative estimate of drug-likeness (QED) is 0.799. The van der Waals surface area contributed by atoms with Crippen molar-refractivity contribution >= 4 is 17.2 Å². The molecule has 0 spiro atoms. The van der Waals surface area contributed by atoms with E-state index in [9.17, 15) is 0 Å². The van der Waals surface area contributed by atoms with Crippen molar-refractivity contribution in [2.45, 2.75) is 12.5 Å². The minimum absolute atomic E-state index is 0.422. The Bertz CT molecular complexity index is 458. The lowest BCUT2D eigenvalue weighted by Crippen LogP contribution is -2.49. The predicted octanol–water partition coefficient (Wildman–Crippen LogP) is 2.12. The summed E-state index contributed by atoms with van der Waals surface area (Å²) in [7, 11) is 1.61. The molecule has 2 atom stereocenters. The van der Waals surface area contributed by atoms with Crippen LogP contribution in [-0.2, 0) is 0 Å². The van der Waals surface area contributed by atoms with Crippen molar-refractivity contribution < 1.29 is 4.74 Å². The average molecular weight is 237 g/mol. The first-order valence-electron chi connectivity index (χ1n) is 5.42. The molecule has 2 unspecified atom stereocenters. The molecule has 3 rings (SSSR count). The zero-order valence-electron chi connectivity index (χ0n) is 9.03. The van der Waals surface area contributed by atoms with E-state index in [-0.39, 0.29) is 0 Å². The van der Waals surface area contributed by atoms with Gasteiger partial charge in [-0.3, -0.25) is 0 Å². The molecule has 1 aromatic heterocycles. The molecule has 16 heavy (non-hydrogen) atoms. The summed E-state index contributed by atoms with van der Waals surface area (Å²) >= 11 is 5.90. The Morgan fingerprint density at radius 1 is 1.56 bits per heavy atom. The summed E-state index contributed by atoms with van der Waals surface area (Å²) in [6, 6.07) is 2.60. The fourth-order valence-electron chi connectivity index (χ4n) is 2.34. The standard InChI is InChI=1S/C12H13ClN2O/c1-16-11-4-8(5-15-12(11)13)7-2-9-6-14-10(9)3-7/h2,4-5,9-10,14H,3,6H2,1H3. The lowest BCUT2D eigenvalue weighted by Gasteiger charge is -2.31. The normalized spacial score (nSPS) is 27.0. The molecule has 1 aliphatic carbocycles. The van der Waals surface area contributed by atoms with Crippen molar-refractivity contribution in [1.29, 1.82) is 0 Å². The van der Waals surface area contributed by atoms with Crippen LogP contribution in [0.25, 0.3) is 5.57 Å². The van der Waals surface area contributed by atoms with Gasteiger partial charge in [0.15, 0.2) is 10.9 Å². The molecule has 3 nitrogen and oxygen atoms in total. The number of hydrogen-bond donors (Lipinski definition) is 1. The second-order valence-electron chi connectivity index (χ2n) is 4.29. The third kappa shape index (κ3) is 1.51. The Balaban J connectivity index is 1.92. The average Bonchev–Trinajstić information content (AvgIpc) is 2.56. The van der Waals surface area contributed by atoms with Gasteiger partial charge in [-0.15, -0.1) is 0 Å². The highest BCUT2D eigenvalue weighted by Gasteiger charge is 2.34. The van der Waals surface area contributed by atoms with Gasteiger partial charge in [0.05, 0.1) is 7.11 Å². The number of aromatic nitrogens is 1. The van der Waals surface area contributed by atoms with Crippen molar-refractivity contribution in [1.82, 2.24) is 10.3 Å². The number of rotatable bonds is 2. The number of pyridine rings is 1. The summed E-state index contributed by atoms with van der Waals surface area (Å²) in [6.07, 6.45) is 5.24. The summed E-state index contributed by atoms with van der Waals surface area (Å²) in [5.74, 6) is 1.35. The molecule has 1 N–H and O–H groups in total. The zero-order chi connectivity index (χ0) is 11.1. The minimum Gasteiger partial charge on any atom is -0.494 e. The maximum Gasteiger partial charge on any atom is 0.171 e. The molecule has 2 heterocycles. The number of nitrogens with zero attached hydrogens (tertiary/aromatic N) is 1. The van der Waals surface area contributed by atoms with E-state index in [0.29, 0.717) is 22.9 Å². The second-order valence-corrected chi connectivity index (χ2v) is 4.65. The third-order valence-corrected chi connectivity index (χ3v) is 3.67. The van der Waals surface area contributed by atoms with Gasteiger partial charge < -0.3 is 10.1 Å².